The molecule has 3 aromatic rings. The van der Waals surface area contributed by atoms with E-state index in [1.54, 1.807) is 12.5 Å². The summed E-state index contributed by atoms with van der Waals surface area (Å²) >= 11 is 0. The van der Waals surface area contributed by atoms with Gasteiger partial charge in [-0.25, -0.2) is 15.0 Å². The molecular weight excluding hydrogens is 360 g/mol. The van der Waals surface area contributed by atoms with Crippen molar-refractivity contribution in [2.24, 2.45) is 4.99 Å². The van der Waals surface area contributed by atoms with E-state index in [1.807, 2.05) is 23.0 Å². The SMILES string of the molecule is CCNC(=NCc1ccc(-n2ccnc2)nc1)NCC1(c2ccccc2)CCC1. The molecule has 0 bridgehead atoms. The van der Waals surface area contributed by atoms with Gasteiger partial charge in [-0.1, -0.05) is 42.8 Å². The summed E-state index contributed by atoms with van der Waals surface area (Å²) in [6.07, 6.45) is 11.0. The van der Waals surface area contributed by atoms with Crippen LogP contribution in [0.1, 0.15) is 37.3 Å². The molecule has 4 rings (SSSR count). The van der Waals surface area contributed by atoms with E-state index < -0.39 is 0 Å². The highest BCUT2D eigenvalue weighted by Gasteiger charge is 2.38. The fraction of sp³-hybridized carbons (Fsp3) is 0.348. The van der Waals surface area contributed by atoms with E-state index in [4.69, 9.17) is 4.99 Å². The third-order valence-electron chi connectivity index (χ3n) is 5.63. The van der Waals surface area contributed by atoms with E-state index in [0.29, 0.717) is 6.54 Å². The second-order valence-corrected chi connectivity index (χ2v) is 7.54. The number of hydrogen-bond acceptors (Lipinski definition) is 3. The average molecular weight is 389 g/mol. The van der Waals surface area contributed by atoms with Crippen LogP contribution in [0.15, 0.2) is 72.4 Å². The van der Waals surface area contributed by atoms with Crippen LogP contribution in [0.25, 0.3) is 5.82 Å². The molecule has 0 atom stereocenters. The Morgan fingerprint density at radius 3 is 2.62 bits per heavy atom. The normalized spacial score (nSPS) is 15.6. The summed E-state index contributed by atoms with van der Waals surface area (Å²) in [5.74, 6) is 1.71. The maximum absolute atomic E-state index is 4.77. The van der Waals surface area contributed by atoms with Crippen LogP contribution in [-0.4, -0.2) is 33.6 Å². The monoisotopic (exact) mass is 388 g/mol. The smallest absolute Gasteiger partial charge is 0.191 e. The number of guanidine groups is 1. The van der Waals surface area contributed by atoms with Crippen LogP contribution in [-0.2, 0) is 12.0 Å². The Balaban J connectivity index is 1.40. The van der Waals surface area contributed by atoms with Crippen LogP contribution in [0.4, 0.5) is 0 Å². The number of hydrogen-bond donors (Lipinski definition) is 2. The van der Waals surface area contributed by atoms with E-state index in [0.717, 1.165) is 30.4 Å². The van der Waals surface area contributed by atoms with Gasteiger partial charge in [0, 0.05) is 37.1 Å². The summed E-state index contributed by atoms with van der Waals surface area (Å²) in [6.45, 7) is 4.42. The Bertz CT molecular complexity index is 912. The average Bonchev–Trinajstić information content (AvgIpc) is 3.27. The lowest BCUT2D eigenvalue weighted by molar-refractivity contribution is 0.244. The van der Waals surface area contributed by atoms with E-state index in [1.165, 1.54) is 24.8 Å². The Morgan fingerprint density at radius 1 is 1.14 bits per heavy atom. The van der Waals surface area contributed by atoms with Gasteiger partial charge in [0.25, 0.3) is 0 Å². The summed E-state index contributed by atoms with van der Waals surface area (Å²) in [6, 6.07) is 14.9. The zero-order valence-corrected chi connectivity index (χ0v) is 16.9. The topological polar surface area (TPSA) is 67.1 Å². The molecule has 0 amide bonds. The Morgan fingerprint density at radius 2 is 2.00 bits per heavy atom. The van der Waals surface area contributed by atoms with Gasteiger partial charge in [0.05, 0.1) is 6.54 Å². The van der Waals surface area contributed by atoms with Crippen LogP contribution in [0.2, 0.25) is 0 Å². The number of nitrogens with one attached hydrogen (secondary N) is 2. The Labute approximate surface area is 172 Å². The first-order valence-corrected chi connectivity index (χ1v) is 10.3. The number of pyridine rings is 1. The highest BCUT2D eigenvalue weighted by molar-refractivity contribution is 5.79. The number of imidazole rings is 1. The number of aromatic nitrogens is 3. The van der Waals surface area contributed by atoms with Gasteiger partial charge >= 0.3 is 0 Å². The second-order valence-electron chi connectivity index (χ2n) is 7.54. The molecule has 0 aliphatic heterocycles. The van der Waals surface area contributed by atoms with Gasteiger partial charge in [-0.15, -0.1) is 0 Å². The maximum atomic E-state index is 4.77. The van der Waals surface area contributed by atoms with E-state index >= 15 is 0 Å². The molecular formula is C23H28N6. The summed E-state index contributed by atoms with van der Waals surface area (Å²) in [4.78, 5) is 13.3. The van der Waals surface area contributed by atoms with Gasteiger partial charge in [0.1, 0.15) is 12.1 Å². The van der Waals surface area contributed by atoms with E-state index in [2.05, 4.69) is 63.9 Å². The van der Waals surface area contributed by atoms with Crippen LogP contribution < -0.4 is 10.6 Å². The van der Waals surface area contributed by atoms with Crippen molar-refractivity contribution >= 4 is 5.96 Å². The van der Waals surface area contributed by atoms with Crippen molar-refractivity contribution in [2.75, 3.05) is 13.1 Å². The molecule has 6 nitrogen and oxygen atoms in total. The molecule has 29 heavy (non-hydrogen) atoms. The molecule has 150 valence electrons. The number of nitrogens with zero attached hydrogens (tertiary/aromatic N) is 4. The van der Waals surface area contributed by atoms with Crippen molar-refractivity contribution in [1.29, 1.82) is 0 Å². The number of rotatable bonds is 7. The zero-order chi connectivity index (χ0) is 19.9. The van der Waals surface area contributed by atoms with Crippen molar-refractivity contribution in [1.82, 2.24) is 25.2 Å². The molecule has 6 heteroatoms. The minimum absolute atomic E-state index is 0.228. The maximum Gasteiger partial charge on any atom is 0.191 e. The first-order valence-electron chi connectivity index (χ1n) is 10.3. The van der Waals surface area contributed by atoms with Gasteiger partial charge in [-0.05, 0) is 37.0 Å². The second kappa shape index (κ2) is 8.90. The molecule has 1 aliphatic carbocycles. The largest absolute Gasteiger partial charge is 0.357 e. The highest BCUT2D eigenvalue weighted by atomic mass is 15.2. The lowest BCUT2D eigenvalue weighted by Crippen LogP contribution is -2.48. The van der Waals surface area contributed by atoms with Crippen molar-refractivity contribution in [3.05, 3.63) is 78.5 Å². The molecule has 2 aromatic heterocycles. The van der Waals surface area contributed by atoms with Gasteiger partial charge in [0.15, 0.2) is 5.96 Å². The molecule has 0 saturated heterocycles. The molecule has 1 aliphatic rings. The molecule has 1 aromatic carbocycles. The summed E-state index contributed by atoms with van der Waals surface area (Å²) in [7, 11) is 0. The molecule has 1 saturated carbocycles. The Hall–Kier alpha value is -3.15. The molecule has 0 spiro atoms. The summed E-state index contributed by atoms with van der Waals surface area (Å²) in [5, 5.41) is 6.94. The molecule has 2 N–H and O–H groups in total. The predicted octanol–water partition coefficient (Wildman–Crippen LogP) is 3.44. The quantitative estimate of drug-likeness (QED) is 0.481. The third kappa shape index (κ3) is 4.47. The molecule has 0 unspecified atom stereocenters. The third-order valence-corrected chi connectivity index (χ3v) is 5.63. The van der Waals surface area contributed by atoms with Gasteiger partial charge in [-0.3, -0.25) is 4.57 Å². The van der Waals surface area contributed by atoms with Crippen LogP contribution >= 0.6 is 0 Å². The van der Waals surface area contributed by atoms with Crippen molar-refractivity contribution in [3.63, 3.8) is 0 Å². The minimum atomic E-state index is 0.228. The molecule has 0 radical (unpaired) electrons. The van der Waals surface area contributed by atoms with E-state index in [9.17, 15) is 0 Å². The highest BCUT2D eigenvalue weighted by Crippen LogP contribution is 2.43. The van der Waals surface area contributed by atoms with Gasteiger partial charge < -0.3 is 10.6 Å². The van der Waals surface area contributed by atoms with Crippen molar-refractivity contribution < 1.29 is 0 Å². The summed E-state index contributed by atoms with van der Waals surface area (Å²) in [5.41, 5.74) is 2.73. The first kappa shape index (κ1) is 19.2. The van der Waals surface area contributed by atoms with Crippen LogP contribution in [0, 0.1) is 0 Å². The zero-order valence-electron chi connectivity index (χ0n) is 16.9. The summed E-state index contributed by atoms with van der Waals surface area (Å²) < 4.78 is 1.89. The Kier molecular flexibility index (Phi) is 5.89. The first-order chi connectivity index (χ1) is 14.3. The molecule has 1 fully saturated rings. The number of aliphatic imine (C=N–C) groups is 1. The van der Waals surface area contributed by atoms with E-state index in [-0.39, 0.29) is 5.41 Å². The predicted molar refractivity (Wildman–Crippen MR) is 116 cm³/mol. The minimum Gasteiger partial charge on any atom is -0.357 e. The standard InChI is InChI=1S/C23H28N6/c1-2-25-22(28-17-23(11-6-12-23)20-7-4-3-5-8-20)27-16-19-9-10-21(26-15-19)29-14-13-24-18-29/h3-5,7-10,13-15,18H,2,6,11-12,16-17H2,1H3,(H2,25,27,28). The lowest BCUT2D eigenvalue weighted by Gasteiger charge is -2.43. The van der Waals surface area contributed by atoms with Crippen LogP contribution in [0.3, 0.4) is 0 Å². The number of benzene rings is 1. The fourth-order valence-corrected chi connectivity index (χ4v) is 3.79. The van der Waals surface area contributed by atoms with Crippen LogP contribution in [0.5, 0.6) is 0 Å². The van der Waals surface area contributed by atoms with Crippen molar-refractivity contribution in [2.45, 2.75) is 38.1 Å². The molecule has 2 heterocycles. The van der Waals surface area contributed by atoms with Gasteiger partial charge in [-0.2, -0.15) is 0 Å². The van der Waals surface area contributed by atoms with Gasteiger partial charge in [0.2, 0.25) is 0 Å². The lowest BCUT2D eigenvalue weighted by atomic mass is 9.64. The van der Waals surface area contributed by atoms with Crippen molar-refractivity contribution in [3.8, 4) is 5.82 Å². The fourth-order valence-electron chi connectivity index (χ4n) is 3.79.